The predicted molar refractivity (Wildman–Crippen MR) is 89.1 cm³/mol. The lowest BCUT2D eigenvalue weighted by molar-refractivity contribution is -0.142. The van der Waals surface area contributed by atoms with Crippen molar-refractivity contribution in [2.24, 2.45) is 5.73 Å². The molecule has 0 aliphatic heterocycles. The van der Waals surface area contributed by atoms with Gasteiger partial charge in [0.25, 0.3) is 0 Å². The highest BCUT2D eigenvalue weighted by Crippen LogP contribution is 2.25. The van der Waals surface area contributed by atoms with E-state index in [1.807, 2.05) is 60.0 Å². The summed E-state index contributed by atoms with van der Waals surface area (Å²) >= 11 is 0. The number of ether oxygens (including phenoxy) is 1. The average molecular weight is 309 g/mol. The van der Waals surface area contributed by atoms with Gasteiger partial charge >= 0.3 is 5.97 Å². The first kappa shape index (κ1) is 15.2. The second kappa shape index (κ2) is 6.22. The highest BCUT2D eigenvalue weighted by molar-refractivity contribution is 5.76. The van der Waals surface area contributed by atoms with E-state index in [4.69, 9.17) is 15.5 Å². The summed E-state index contributed by atoms with van der Waals surface area (Å²) in [4.78, 5) is 16.4. The number of nitrogens with zero attached hydrogens (tertiary/aromatic N) is 2. The lowest BCUT2D eigenvalue weighted by Gasteiger charge is -2.11. The van der Waals surface area contributed by atoms with Gasteiger partial charge in [0.15, 0.2) is 0 Å². The number of hydrogen-bond acceptors (Lipinski definition) is 4. The molecule has 1 unspecified atom stereocenters. The van der Waals surface area contributed by atoms with Crippen LogP contribution in [0.5, 0.6) is 0 Å². The van der Waals surface area contributed by atoms with E-state index in [9.17, 15) is 4.79 Å². The maximum Gasteiger partial charge on any atom is 0.323 e. The first-order valence-electron chi connectivity index (χ1n) is 7.46. The molecule has 118 valence electrons. The number of benzene rings is 1. The molecule has 0 saturated heterocycles. The maximum absolute atomic E-state index is 11.7. The van der Waals surface area contributed by atoms with E-state index < -0.39 is 12.0 Å². The summed E-state index contributed by atoms with van der Waals surface area (Å²) in [5.74, 6) is -0.424. The molecule has 1 aromatic carbocycles. The number of methoxy groups -OCH3 is 1. The molecule has 2 N–H and O–H groups in total. The van der Waals surface area contributed by atoms with E-state index >= 15 is 0 Å². The molecule has 0 amide bonds. The molecular formula is C18H19N3O2. The predicted octanol–water partition coefficient (Wildman–Crippen LogP) is 2.35. The van der Waals surface area contributed by atoms with Crippen LogP contribution in [0.25, 0.3) is 16.9 Å². The molecule has 0 bridgehead atoms. The molecule has 1 atom stereocenters. The largest absolute Gasteiger partial charge is 0.468 e. The van der Waals surface area contributed by atoms with Gasteiger partial charge in [0.1, 0.15) is 11.7 Å². The summed E-state index contributed by atoms with van der Waals surface area (Å²) in [5, 5.41) is 0. The normalized spacial score (nSPS) is 12.3. The molecule has 2 heterocycles. The number of aromatic nitrogens is 2. The number of carbonyl (C=O) groups excluding carboxylic acids is 1. The minimum atomic E-state index is -0.720. The topological polar surface area (TPSA) is 69.6 Å². The number of pyridine rings is 1. The van der Waals surface area contributed by atoms with Gasteiger partial charge in [0, 0.05) is 18.2 Å². The highest BCUT2D eigenvalue weighted by atomic mass is 16.5. The van der Waals surface area contributed by atoms with Crippen LogP contribution in [0, 0.1) is 6.92 Å². The van der Waals surface area contributed by atoms with Crippen molar-refractivity contribution < 1.29 is 9.53 Å². The van der Waals surface area contributed by atoms with Crippen molar-refractivity contribution in [2.45, 2.75) is 19.4 Å². The van der Waals surface area contributed by atoms with Crippen molar-refractivity contribution in [2.75, 3.05) is 7.11 Å². The first-order chi connectivity index (χ1) is 11.1. The second-order valence-electron chi connectivity index (χ2n) is 5.54. The van der Waals surface area contributed by atoms with Crippen LogP contribution in [0.2, 0.25) is 0 Å². The Morgan fingerprint density at radius 1 is 1.26 bits per heavy atom. The third kappa shape index (κ3) is 2.96. The van der Waals surface area contributed by atoms with Gasteiger partial charge < -0.3 is 14.9 Å². The number of carbonyl (C=O) groups is 1. The van der Waals surface area contributed by atoms with Gasteiger partial charge in [-0.05, 0) is 18.6 Å². The molecule has 3 rings (SSSR count). The molecule has 0 fully saturated rings. The average Bonchev–Trinajstić information content (AvgIpc) is 2.92. The summed E-state index contributed by atoms with van der Waals surface area (Å²) in [7, 11) is 1.35. The molecule has 0 aliphatic carbocycles. The Kier molecular flexibility index (Phi) is 4.12. The van der Waals surface area contributed by atoms with E-state index in [2.05, 4.69) is 0 Å². The van der Waals surface area contributed by atoms with Gasteiger partial charge in [-0.25, -0.2) is 4.98 Å². The zero-order chi connectivity index (χ0) is 16.4. The molecule has 3 aromatic rings. The minimum absolute atomic E-state index is 0.363. The van der Waals surface area contributed by atoms with Gasteiger partial charge in [0.05, 0.1) is 18.5 Å². The quantitative estimate of drug-likeness (QED) is 0.751. The van der Waals surface area contributed by atoms with Crippen LogP contribution in [0.1, 0.15) is 11.3 Å². The molecule has 0 aliphatic rings. The van der Waals surface area contributed by atoms with E-state index in [1.54, 1.807) is 0 Å². The third-order valence-electron chi connectivity index (χ3n) is 3.83. The van der Waals surface area contributed by atoms with E-state index in [-0.39, 0.29) is 0 Å². The van der Waals surface area contributed by atoms with Crippen LogP contribution in [-0.4, -0.2) is 28.5 Å². The lowest BCUT2D eigenvalue weighted by atomic mass is 10.1. The monoisotopic (exact) mass is 309 g/mol. The van der Waals surface area contributed by atoms with Gasteiger partial charge in [-0.2, -0.15) is 0 Å². The fraction of sp³-hybridized carbons (Fsp3) is 0.222. The Morgan fingerprint density at radius 2 is 2.00 bits per heavy atom. The highest BCUT2D eigenvalue weighted by Gasteiger charge is 2.21. The van der Waals surface area contributed by atoms with Gasteiger partial charge in [0.2, 0.25) is 0 Å². The van der Waals surface area contributed by atoms with Gasteiger partial charge in [-0.15, -0.1) is 0 Å². The van der Waals surface area contributed by atoms with Crippen LogP contribution in [0.3, 0.4) is 0 Å². The van der Waals surface area contributed by atoms with Gasteiger partial charge in [-0.1, -0.05) is 36.4 Å². The Balaban J connectivity index is 2.15. The standard InChI is InChI=1S/C18H19N3O2/c1-12-8-9-16-20-17(13-6-4-3-5-7-13)15(21(16)11-12)10-14(19)18(22)23-2/h3-9,11,14H,10,19H2,1-2H3. The number of imidazole rings is 1. The number of esters is 1. The van der Waals surface area contributed by atoms with Crippen molar-refractivity contribution in [3.8, 4) is 11.3 Å². The molecule has 23 heavy (non-hydrogen) atoms. The van der Waals surface area contributed by atoms with Crippen LogP contribution in [-0.2, 0) is 16.0 Å². The number of aryl methyl sites for hydroxylation is 1. The number of rotatable bonds is 4. The smallest absolute Gasteiger partial charge is 0.323 e. The van der Waals surface area contributed by atoms with Gasteiger partial charge in [-0.3, -0.25) is 4.79 Å². The third-order valence-corrected chi connectivity index (χ3v) is 3.83. The maximum atomic E-state index is 11.7. The summed E-state index contributed by atoms with van der Waals surface area (Å²) in [5.41, 5.74) is 10.7. The molecular weight excluding hydrogens is 290 g/mol. The fourth-order valence-corrected chi connectivity index (χ4v) is 2.66. The number of hydrogen-bond donors (Lipinski definition) is 1. The first-order valence-corrected chi connectivity index (χ1v) is 7.46. The molecule has 0 saturated carbocycles. The Morgan fingerprint density at radius 3 is 2.70 bits per heavy atom. The molecule has 5 nitrogen and oxygen atoms in total. The van der Waals surface area contributed by atoms with Crippen molar-refractivity contribution in [1.29, 1.82) is 0 Å². The molecule has 5 heteroatoms. The summed E-state index contributed by atoms with van der Waals surface area (Å²) in [6.07, 6.45) is 2.37. The fourth-order valence-electron chi connectivity index (χ4n) is 2.66. The minimum Gasteiger partial charge on any atom is -0.468 e. The Labute approximate surface area is 134 Å². The second-order valence-corrected chi connectivity index (χ2v) is 5.54. The lowest BCUT2D eigenvalue weighted by Crippen LogP contribution is -2.34. The summed E-state index contributed by atoms with van der Waals surface area (Å²) in [6, 6.07) is 13.2. The molecule has 0 spiro atoms. The van der Waals surface area contributed by atoms with E-state index in [0.717, 1.165) is 28.2 Å². The van der Waals surface area contributed by atoms with Crippen LogP contribution in [0.4, 0.5) is 0 Å². The molecule has 0 radical (unpaired) electrons. The Bertz CT molecular complexity index is 840. The summed E-state index contributed by atoms with van der Waals surface area (Å²) in [6.45, 7) is 2.02. The zero-order valence-electron chi connectivity index (χ0n) is 13.2. The van der Waals surface area contributed by atoms with E-state index in [0.29, 0.717) is 6.42 Å². The summed E-state index contributed by atoms with van der Waals surface area (Å²) < 4.78 is 6.75. The zero-order valence-corrected chi connectivity index (χ0v) is 13.2. The SMILES string of the molecule is COC(=O)C(N)Cc1c(-c2ccccc2)nc2ccc(C)cn12. The Hall–Kier alpha value is -2.66. The number of nitrogens with two attached hydrogens (primary N) is 1. The van der Waals surface area contributed by atoms with Crippen LogP contribution >= 0.6 is 0 Å². The van der Waals surface area contributed by atoms with Crippen LogP contribution in [0.15, 0.2) is 48.7 Å². The van der Waals surface area contributed by atoms with Crippen LogP contribution < -0.4 is 5.73 Å². The van der Waals surface area contributed by atoms with E-state index in [1.165, 1.54) is 7.11 Å². The van der Waals surface area contributed by atoms with Crippen molar-refractivity contribution in [3.63, 3.8) is 0 Å². The van der Waals surface area contributed by atoms with Crippen molar-refractivity contribution in [1.82, 2.24) is 9.38 Å². The van der Waals surface area contributed by atoms with Crippen molar-refractivity contribution in [3.05, 3.63) is 59.9 Å². The van der Waals surface area contributed by atoms with Crippen molar-refractivity contribution >= 4 is 11.6 Å². The number of fused-ring (bicyclic) bond motifs is 1. The molecule has 2 aromatic heterocycles.